The Morgan fingerprint density at radius 3 is 2.27 bits per heavy atom. The fourth-order valence-corrected chi connectivity index (χ4v) is 4.13. The summed E-state index contributed by atoms with van der Waals surface area (Å²) in [4.78, 5) is 31.6. The standard InChI is InChI=1S/C19H25ClN2O.C4H6O6/c20-18-8-7-14-9-12-21-13-10-16(14)17(18)6-3-11-22-19(23)15-4-1-2-5-15;5-1(3(7)8)2(6)4(9)10/h3,6-8,15,21H,1-2,4-5,9-13H2,(H,22,23);1-2,5-6H,(H,7,8)(H,9,10)/b6-3-;/t;1-,2-/m.1/s1. The number of halogens is 1. The Labute approximate surface area is 197 Å². The lowest BCUT2D eigenvalue weighted by Gasteiger charge is -2.12. The highest BCUT2D eigenvalue weighted by molar-refractivity contribution is 6.32. The predicted molar refractivity (Wildman–Crippen MR) is 123 cm³/mol. The van der Waals surface area contributed by atoms with E-state index in [0.29, 0.717) is 6.54 Å². The van der Waals surface area contributed by atoms with Gasteiger partial charge in [-0.3, -0.25) is 4.79 Å². The first kappa shape index (κ1) is 26.8. The molecule has 9 nitrogen and oxygen atoms in total. The smallest absolute Gasteiger partial charge is 0.335 e. The number of hydrogen-bond donors (Lipinski definition) is 6. The van der Waals surface area contributed by atoms with Gasteiger partial charge in [-0.15, -0.1) is 0 Å². The molecule has 1 heterocycles. The number of fused-ring (bicyclic) bond motifs is 1. The number of carbonyl (C=O) groups excluding carboxylic acids is 1. The summed E-state index contributed by atoms with van der Waals surface area (Å²) in [5, 5.41) is 39.8. The lowest BCUT2D eigenvalue weighted by Crippen LogP contribution is -2.39. The van der Waals surface area contributed by atoms with Gasteiger partial charge in [0.2, 0.25) is 5.91 Å². The largest absolute Gasteiger partial charge is 0.479 e. The first-order valence-corrected chi connectivity index (χ1v) is 11.4. The molecular weight excluding hydrogens is 452 g/mol. The molecule has 182 valence electrons. The van der Waals surface area contributed by atoms with Gasteiger partial charge in [0, 0.05) is 17.5 Å². The van der Waals surface area contributed by atoms with Crippen molar-refractivity contribution in [2.45, 2.75) is 50.7 Å². The Balaban J connectivity index is 0.000000328. The molecule has 0 radical (unpaired) electrons. The zero-order chi connectivity index (χ0) is 24.4. The Morgan fingerprint density at radius 1 is 1.06 bits per heavy atom. The van der Waals surface area contributed by atoms with Crippen LogP contribution in [0.5, 0.6) is 0 Å². The van der Waals surface area contributed by atoms with E-state index in [2.05, 4.69) is 22.8 Å². The molecule has 0 spiro atoms. The van der Waals surface area contributed by atoms with Crippen LogP contribution in [0.1, 0.15) is 42.4 Å². The average molecular weight is 483 g/mol. The van der Waals surface area contributed by atoms with Crippen LogP contribution in [0.4, 0.5) is 0 Å². The number of amides is 1. The average Bonchev–Trinajstić information content (AvgIpc) is 3.23. The van der Waals surface area contributed by atoms with Crippen molar-refractivity contribution in [3.05, 3.63) is 39.9 Å². The van der Waals surface area contributed by atoms with Gasteiger partial charge in [-0.05, 0) is 61.5 Å². The van der Waals surface area contributed by atoms with Crippen LogP contribution in [0, 0.1) is 5.92 Å². The second-order valence-corrected chi connectivity index (χ2v) is 8.45. The number of carboxylic acids is 2. The van der Waals surface area contributed by atoms with Crippen molar-refractivity contribution in [2.75, 3.05) is 19.6 Å². The van der Waals surface area contributed by atoms with E-state index in [1.54, 1.807) is 0 Å². The lowest BCUT2D eigenvalue weighted by molar-refractivity contribution is -0.165. The molecule has 0 aromatic heterocycles. The van der Waals surface area contributed by atoms with E-state index in [4.69, 9.17) is 32.0 Å². The van der Waals surface area contributed by atoms with Crippen LogP contribution in [0.2, 0.25) is 5.02 Å². The van der Waals surface area contributed by atoms with Gasteiger partial charge in [0.05, 0.1) is 0 Å². The molecule has 6 N–H and O–H groups in total. The molecular formula is C23H31ClN2O7. The van der Waals surface area contributed by atoms with Crippen molar-refractivity contribution in [3.63, 3.8) is 0 Å². The molecule has 1 aromatic rings. The van der Waals surface area contributed by atoms with Crippen LogP contribution >= 0.6 is 11.6 Å². The van der Waals surface area contributed by atoms with Crippen LogP contribution in [0.25, 0.3) is 6.08 Å². The van der Waals surface area contributed by atoms with E-state index in [9.17, 15) is 14.4 Å². The number of hydrogen-bond acceptors (Lipinski definition) is 6. The molecule has 1 aliphatic carbocycles. The summed E-state index contributed by atoms with van der Waals surface area (Å²) in [5.41, 5.74) is 3.85. The van der Waals surface area contributed by atoms with Gasteiger partial charge >= 0.3 is 11.9 Å². The topological polar surface area (TPSA) is 156 Å². The van der Waals surface area contributed by atoms with Crippen molar-refractivity contribution in [3.8, 4) is 0 Å². The summed E-state index contributed by atoms with van der Waals surface area (Å²) in [7, 11) is 0. The van der Waals surface area contributed by atoms with Gasteiger partial charge in [0.25, 0.3) is 0 Å². The number of carbonyl (C=O) groups is 3. The van der Waals surface area contributed by atoms with E-state index in [1.807, 2.05) is 12.1 Å². The molecule has 1 amide bonds. The molecule has 1 fully saturated rings. The van der Waals surface area contributed by atoms with Crippen molar-refractivity contribution >= 4 is 35.5 Å². The number of carboxylic acid groups (broad SMARTS) is 2. The van der Waals surface area contributed by atoms with Crippen LogP contribution in [-0.4, -0.2) is 70.1 Å². The number of aliphatic hydroxyl groups excluding tert-OH is 2. The third kappa shape index (κ3) is 8.12. The zero-order valence-electron chi connectivity index (χ0n) is 18.3. The number of rotatable bonds is 7. The Morgan fingerprint density at radius 2 is 1.67 bits per heavy atom. The highest BCUT2D eigenvalue weighted by atomic mass is 35.5. The summed E-state index contributed by atoms with van der Waals surface area (Å²) in [5.74, 6) is -3.11. The van der Waals surface area contributed by atoms with E-state index >= 15 is 0 Å². The van der Waals surface area contributed by atoms with Crippen LogP contribution in [-0.2, 0) is 27.2 Å². The molecule has 0 saturated heterocycles. The zero-order valence-corrected chi connectivity index (χ0v) is 19.1. The SMILES string of the molecule is O=C(NC/C=C\c1c(Cl)ccc2c1CCNCC2)C1CCCC1.O=C(O)[C@H](O)[C@@H](O)C(=O)O. The summed E-state index contributed by atoms with van der Waals surface area (Å²) < 4.78 is 0. The summed E-state index contributed by atoms with van der Waals surface area (Å²) in [6.07, 6.45) is 6.07. The minimum absolute atomic E-state index is 0.203. The van der Waals surface area contributed by atoms with E-state index in [0.717, 1.165) is 49.4 Å². The van der Waals surface area contributed by atoms with E-state index < -0.39 is 24.1 Å². The Hall–Kier alpha value is -2.46. The van der Waals surface area contributed by atoms with E-state index in [1.165, 1.54) is 24.0 Å². The number of aliphatic carboxylic acids is 2. The highest BCUT2D eigenvalue weighted by Crippen LogP contribution is 2.27. The molecule has 0 unspecified atom stereocenters. The molecule has 3 rings (SSSR count). The monoisotopic (exact) mass is 482 g/mol. The van der Waals surface area contributed by atoms with Crippen molar-refractivity contribution in [1.82, 2.24) is 10.6 Å². The number of benzene rings is 1. The minimum atomic E-state index is -2.27. The maximum atomic E-state index is 12.0. The molecule has 1 aliphatic heterocycles. The van der Waals surface area contributed by atoms with Crippen molar-refractivity contribution in [1.29, 1.82) is 0 Å². The van der Waals surface area contributed by atoms with Gasteiger partial charge in [-0.25, -0.2) is 9.59 Å². The predicted octanol–water partition coefficient (Wildman–Crippen LogP) is 1.23. The second kappa shape index (κ2) is 13.3. The van der Waals surface area contributed by atoms with E-state index in [-0.39, 0.29) is 11.8 Å². The van der Waals surface area contributed by atoms with Gasteiger partial charge in [-0.2, -0.15) is 0 Å². The normalized spacial score (nSPS) is 17.9. The Bertz CT molecular complexity index is 851. The maximum absolute atomic E-state index is 12.0. The van der Waals surface area contributed by atoms with Crippen LogP contribution in [0.15, 0.2) is 18.2 Å². The molecule has 10 heteroatoms. The molecule has 2 atom stereocenters. The quantitative estimate of drug-likeness (QED) is 0.339. The summed E-state index contributed by atoms with van der Waals surface area (Å²) in [6, 6.07) is 4.13. The molecule has 0 bridgehead atoms. The number of nitrogens with one attached hydrogen (secondary N) is 2. The second-order valence-electron chi connectivity index (χ2n) is 8.04. The first-order valence-electron chi connectivity index (χ1n) is 11.0. The van der Waals surface area contributed by atoms with Gasteiger partial charge in [0.1, 0.15) is 0 Å². The molecule has 2 aliphatic rings. The minimum Gasteiger partial charge on any atom is -0.479 e. The Kier molecular flexibility index (Phi) is 10.8. The van der Waals surface area contributed by atoms with Crippen LogP contribution < -0.4 is 10.6 Å². The summed E-state index contributed by atoms with van der Waals surface area (Å²) >= 11 is 6.40. The third-order valence-electron chi connectivity index (χ3n) is 5.73. The molecule has 1 aromatic carbocycles. The maximum Gasteiger partial charge on any atom is 0.335 e. The van der Waals surface area contributed by atoms with Gasteiger partial charge < -0.3 is 31.1 Å². The first-order chi connectivity index (χ1) is 15.7. The molecule has 33 heavy (non-hydrogen) atoms. The summed E-state index contributed by atoms with van der Waals surface area (Å²) in [6.45, 7) is 2.59. The van der Waals surface area contributed by atoms with Gasteiger partial charge in [-0.1, -0.05) is 42.7 Å². The number of aliphatic hydroxyl groups is 2. The van der Waals surface area contributed by atoms with Crippen LogP contribution in [0.3, 0.4) is 0 Å². The lowest BCUT2D eigenvalue weighted by atomic mass is 9.96. The fourth-order valence-electron chi connectivity index (χ4n) is 3.89. The fraction of sp³-hybridized carbons (Fsp3) is 0.522. The van der Waals surface area contributed by atoms with Crippen molar-refractivity contribution in [2.24, 2.45) is 5.92 Å². The highest BCUT2D eigenvalue weighted by Gasteiger charge is 2.29. The third-order valence-corrected chi connectivity index (χ3v) is 6.06. The van der Waals surface area contributed by atoms with Crippen molar-refractivity contribution < 1.29 is 34.8 Å². The van der Waals surface area contributed by atoms with Gasteiger partial charge in [0.15, 0.2) is 12.2 Å². The molecule has 1 saturated carbocycles.